The quantitative estimate of drug-likeness (QED) is 0.549. The van der Waals surface area contributed by atoms with E-state index in [0.717, 1.165) is 11.1 Å². The third kappa shape index (κ3) is 4.39. The van der Waals surface area contributed by atoms with Crippen LogP contribution in [0.4, 0.5) is 0 Å². The van der Waals surface area contributed by atoms with Crippen LogP contribution in [0.25, 0.3) is 11.1 Å². The van der Waals surface area contributed by atoms with Crippen molar-refractivity contribution in [3.8, 4) is 16.9 Å². The predicted molar refractivity (Wildman–Crippen MR) is 114 cm³/mol. The average molecular weight is 363 g/mol. The molecule has 2 aromatic carbocycles. The lowest BCUT2D eigenvalue weighted by Gasteiger charge is -2.23. The molecule has 2 aliphatic rings. The summed E-state index contributed by atoms with van der Waals surface area (Å²) in [4.78, 5) is 0. The smallest absolute Gasteiger partial charge is 0.126 e. The van der Waals surface area contributed by atoms with Gasteiger partial charge in [0.15, 0.2) is 0 Å². The standard InChI is InChI=1S/C26H34O/c27-26-24(21-14-8-3-4-9-15-21)18-23(20-12-6-1-2-7-13-20)19-25(26)22-16-10-5-11-17-22/h5,10-11,16-21,27H,1-4,6-9,12-15H2. The zero-order valence-electron chi connectivity index (χ0n) is 16.6. The van der Waals surface area contributed by atoms with Crippen LogP contribution >= 0.6 is 0 Å². The Hall–Kier alpha value is -1.76. The summed E-state index contributed by atoms with van der Waals surface area (Å²) >= 11 is 0. The molecule has 27 heavy (non-hydrogen) atoms. The van der Waals surface area contributed by atoms with Crippen molar-refractivity contribution < 1.29 is 5.11 Å². The summed E-state index contributed by atoms with van der Waals surface area (Å²) < 4.78 is 0. The summed E-state index contributed by atoms with van der Waals surface area (Å²) in [6.07, 6.45) is 15.9. The summed E-state index contributed by atoms with van der Waals surface area (Å²) in [7, 11) is 0. The summed E-state index contributed by atoms with van der Waals surface area (Å²) in [6, 6.07) is 15.2. The van der Waals surface area contributed by atoms with Crippen molar-refractivity contribution >= 4 is 0 Å². The Kier molecular flexibility index (Phi) is 6.17. The minimum Gasteiger partial charge on any atom is -0.507 e. The number of phenols is 1. The maximum Gasteiger partial charge on any atom is 0.126 e. The Morgan fingerprint density at radius 3 is 1.78 bits per heavy atom. The van der Waals surface area contributed by atoms with Crippen molar-refractivity contribution in [3.05, 3.63) is 53.6 Å². The molecule has 0 amide bonds. The van der Waals surface area contributed by atoms with Crippen molar-refractivity contribution in [3.63, 3.8) is 0 Å². The Balaban J connectivity index is 1.77. The first-order valence-electron chi connectivity index (χ1n) is 11.2. The van der Waals surface area contributed by atoms with E-state index in [0.29, 0.717) is 17.6 Å². The second-order valence-corrected chi connectivity index (χ2v) is 8.75. The SMILES string of the molecule is Oc1c(-c2ccccc2)cc(C2CCCCCC2)cc1C1CCCCCC1. The molecular formula is C26H34O. The van der Waals surface area contributed by atoms with E-state index in [1.54, 1.807) is 0 Å². The van der Waals surface area contributed by atoms with Crippen LogP contribution < -0.4 is 0 Å². The fraction of sp³-hybridized carbons (Fsp3) is 0.538. The van der Waals surface area contributed by atoms with Crippen molar-refractivity contribution in [2.75, 3.05) is 0 Å². The van der Waals surface area contributed by atoms with E-state index in [1.807, 2.05) is 0 Å². The fourth-order valence-corrected chi connectivity index (χ4v) is 5.27. The molecule has 0 saturated heterocycles. The van der Waals surface area contributed by atoms with Gasteiger partial charge in [0, 0.05) is 5.56 Å². The summed E-state index contributed by atoms with van der Waals surface area (Å²) in [6.45, 7) is 0. The molecule has 0 bridgehead atoms. The van der Waals surface area contributed by atoms with Gasteiger partial charge in [-0.2, -0.15) is 0 Å². The van der Waals surface area contributed by atoms with E-state index in [2.05, 4.69) is 42.5 Å². The van der Waals surface area contributed by atoms with Crippen LogP contribution in [0.3, 0.4) is 0 Å². The van der Waals surface area contributed by atoms with Crippen LogP contribution in [0.1, 0.15) is 100 Å². The van der Waals surface area contributed by atoms with Gasteiger partial charge in [0.2, 0.25) is 0 Å². The van der Waals surface area contributed by atoms with Crippen LogP contribution in [-0.2, 0) is 0 Å². The minimum atomic E-state index is 0.528. The number of benzene rings is 2. The van der Waals surface area contributed by atoms with E-state index in [4.69, 9.17) is 0 Å². The van der Waals surface area contributed by atoms with Crippen LogP contribution in [0.15, 0.2) is 42.5 Å². The fourth-order valence-electron chi connectivity index (χ4n) is 5.27. The van der Waals surface area contributed by atoms with Crippen molar-refractivity contribution in [1.29, 1.82) is 0 Å². The molecule has 0 heterocycles. The number of hydrogen-bond donors (Lipinski definition) is 1. The topological polar surface area (TPSA) is 20.2 Å². The highest BCUT2D eigenvalue weighted by molar-refractivity contribution is 5.73. The first kappa shape index (κ1) is 18.6. The Bertz CT molecular complexity index is 717. The molecule has 2 aliphatic carbocycles. The van der Waals surface area contributed by atoms with Crippen LogP contribution in [0.2, 0.25) is 0 Å². The van der Waals surface area contributed by atoms with Gasteiger partial charge in [0.25, 0.3) is 0 Å². The van der Waals surface area contributed by atoms with Crippen LogP contribution in [-0.4, -0.2) is 5.11 Å². The molecule has 2 fully saturated rings. The van der Waals surface area contributed by atoms with Crippen molar-refractivity contribution in [2.24, 2.45) is 0 Å². The number of phenolic OH excluding ortho intramolecular Hbond substituents is 1. The van der Waals surface area contributed by atoms with Gasteiger partial charge in [-0.3, -0.25) is 0 Å². The molecule has 1 heteroatoms. The molecule has 0 aromatic heterocycles. The highest BCUT2D eigenvalue weighted by Crippen LogP contribution is 2.44. The lowest BCUT2D eigenvalue weighted by Crippen LogP contribution is -2.04. The van der Waals surface area contributed by atoms with Gasteiger partial charge in [-0.05, 0) is 60.3 Å². The molecule has 0 spiro atoms. The Morgan fingerprint density at radius 1 is 0.630 bits per heavy atom. The lowest BCUT2D eigenvalue weighted by atomic mass is 9.83. The molecule has 2 aromatic rings. The molecule has 0 atom stereocenters. The highest BCUT2D eigenvalue weighted by atomic mass is 16.3. The van der Waals surface area contributed by atoms with E-state index in [-0.39, 0.29) is 0 Å². The third-order valence-electron chi connectivity index (χ3n) is 6.87. The van der Waals surface area contributed by atoms with Gasteiger partial charge < -0.3 is 5.11 Å². The monoisotopic (exact) mass is 362 g/mol. The van der Waals surface area contributed by atoms with Gasteiger partial charge in [-0.15, -0.1) is 0 Å². The molecule has 0 unspecified atom stereocenters. The molecule has 0 radical (unpaired) electrons. The zero-order valence-corrected chi connectivity index (χ0v) is 16.6. The highest BCUT2D eigenvalue weighted by Gasteiger charge is 2.23. The summed E-state index contributed by atoms with van der Waals surface area (Å²) in [5.74, 6) is 1.74. The normalized spacial score (nSPS) is 20.1. The largest absolute Gasteiger partial charge is 0.507 e. The molecular weight excluding hydrogens is 328 g/mol. The third-order valence-corrected chi connectivity index (χ3v) is 6.87. The zero-order chi connectivity index (χ0) is 18.5. The Morgan fingerprint density at radius 2 is 1.19 bits per heavy atom. The van der Waals surface area contributed by atoms with Crippen molar-refractivity contribution in [2.45, 2.75) is 88.9 Å². The molecule has 1 nitrogen and oxygen atoms in total. The summed E-state index contributed by atoms with van der Waals surface area (Å²) in [5, 5.41) is 11.3. The molecule has 1 N–H and O–H groups in total. The van der Waals surface area contributed by atoms with E-state index in [9.17, 15) is 5.11 Å². The van der Waals surface area contributed by atoms with Crippen molar-refractivity contribution in [1.82, 2.24) is 0 Å². The van der Waals surface area contributed by atoms with E-state index < -0.39 is 0 Å². The molecule has 4 rings (SSSR count). The maximum atomic E-state index is 11.3. The second-order valence-electron chi connectivity index (χ2n) is 8.75. The first-order valence-corrected chi connectivity index (χ1v) is 11.2. The van der Waals surface area contributed by atoms with Gasteiger partial charge in [-0.25, -0.2) is 0 Å². The maximum absolute atomic E-state index is 11.3. The number of hydrogen-bond acceptors (Lipinski definition) is 1. The average Bonchev–Trinajstić information content (AvgIpc) is 3.14. The number of rotatable bonds is 3. The van der Waals surface area contributed by atoms with Gasteiger partial charge >= 0.3 is 0 Å². The van der Waals surface area contributed by atoms with Gasteiger partial charge in [-0.1, -0.05) is 87.8 Å². The first-order chi connectivity index (χ1) is 13.3. The number of aromatic hydroxyl groups is 1. The molecule has 144 valence electrons. The Labute approximate surface area is 164 Å². The summed E-state index contributed by atoms with van der Waals surface area (Å²) in [5.41, 5.74) is 4.92. The predicted octanol–water partition coefficient (Wildman–Crippen LogP) is 7.93. The minimum absolute atomic E-state index is 0.528. The van der Waals surface area contributed by atoms with E-state index >= 15 is 0 Å². The molecule has 2 saturated carbocycles. The van der Waals surface area contributed by atoms with Crippen LogP contribution in [0.5, 0.6) is 5.75 Å². The van der Waals surface area contributed by atoms with Crippen LogP contribution in [0, 0.1) is 0 Å². The lowest BCUT2D eigenvalue weighted by molar-refractivity contribution is 0.454. The van der Waals surface area contributed by atoms with Gasteiger partial charge in [0.05, 0.1) is 0 Å². The van der Waals surface area contributed by atoms with Gasteiger partial charge in [0.1, 0.15) is 5.75 Å². The second kappa shape index (κ2) is 8.95. The molecule has 0 aliphatic heterocycles. The van der Waals surface area contributed by atoms with E-state index in [1.165, 1.54) is 88.2 Å².